The van der Waals surface area contributed by atoms with E-state index in [1.165, 1.54) is 0 Å². The maximum Gasteiger partial charge on any atom is 0.366 e. The number of halogens is 3. The van der Waals surface area contributed by atoms with E-state index in [0.717, 1.165) is 6.08 Å². The molecule has 0 aromatic carbocycles. The summed E-state index contributed by atoms with van der Waals surface area (Å²) in [4.78, 5) is 10.5. The fraction of sp³-hybridized carbons (Fsp3) is 0.625. The summed E-state index contributed by atoms with van der Waals surface area (Å²) in [5.74, 6) is -2.25. The third-order valence-electron chi connectivity index (χ3n) is 1.86. The molecule has 1 saturated heterocycles. The zero-order chi connectivity index (χ0) is 10.8. The van der Waals surface area contributed by atoms with E-state index in [1.54, 1.807) is 0 Å². The molecule has 1 aliphatic heterocycles. The number of ether oxygens (including phenoxy) is 2. The molecule has 0 aliphatic carbocycles. The van der Waals surface area contributed by atoms with Gasteiger partial charge in [-0.05, 0) is 6.42 Å². The smallest absolute Gasteiger partial charge is 0.366 e. The van der Waals surface area contributed by atoms with Crippen molar-refractivity contribution in [2.75, 3.05) is 6.61 Å². The summed E-state index contributed by atoms with van der Waals surface area (Å²) in [5.41, 5.74) is 0. The number of hydrogen-bond donors (Lipinski definition) is 0. The highest BCUT2D eigenvalue weighted by molar-refractivity contribution is 5.81. The summed E-state index contributed by atoms with van der Waals surface area (Å²) in [6.45, 7) is 2.85. The van der Waals surface area contributed by atoms with E-state index >= 15 is 0 Å². The molecule has 0 N–H and O–H groups in total. The summed E-state index contributed by atoms with van der Waals surface area (Å²) >= 11 is 0. The zero-order valence-electron chi connectivity index (χ0n) is 7.21. The van der Waals surface area contributed by atoms with Gasteiger partial charge in [-0.3, -0.25) is 4.74 Å². The standard InChI is InChI=1S/C8H9F3O3/c1-2-6(12)13-4-3-5-7(9)14-8(5,10)11/h2,5,7H,1,3-4H2. The van der Waals surface area contributed by atoms with Crippen LogP contribution in [0.25, 0.3) is 0 Å². The van der Waals surface area contributed by atoms with E-state index < -0.39 is 24.4 Å². The van der Waals surface area contributed by atoms with E-state index in [9.17, 15) is 18.0 Å². The summed E-state index contributed by atoms with van der Waals surface area (Å²) in [5, 5.41) is 0. The van der Waals surface area contributed by atoms with Crippen LogP contribution >= 0.6 is 0 Å². The number of hydrogen-bond acceptors (Lipinski definition) is 3. The molecule has 0 radical (unpaired) electrons. The van der Waals surface area contributed by atoms with Crippen LogP contribution in [0.3, 0.4) is 0 Å². The average molecular weight is 210 g/mol. The average Bonchev–Trinajstić information content (AvgIpc) is 2.10. The number of carbonyl (C=O) groups is 1. The van der Waals surface area contributed by atoms with Gasteiger partial charge >= 0.3 is 12.1 Å². The Labute approximate surface area is 78.5 Å². The highest BCUT2D eigenvalue weighted by atomic mass is 19.3. The lowest BCUT2D eigenvalue weighted by Gasteiger charge is -2.38. The second-order valence-electron chi connectivity index (χ2n) is 2.80. The van der Waals surface area contributed by atoms with Crippen LogP contribution in [-0.4, -0.2) is 25.0 Å². The Morgan fingerprint density at radius 2 is 2.29 bits per heavy atom. The Kier molecular flexibility index (Phi) is 3.15. The van der Waals surface area contributed by atoms with Crippen molar-refractivity contribution in [3.63, 3.8) is 0 Å². The molecule has 1 heterocycles. The first-order chi connectivity index (χ1) is 6.47. The first kappa shape index (κ1) is 11.0. The van der Waals surface area contributed by atoms with Crippen molar-refractivity contribution in [3.05, 3.63) is 12.7 Å². The molecule has 1 aliphatic rings. The second-order valence-corrected chi connectivity index (χ2v) is 2.80. The Morgan fingerprint density at radius 1 is 1.64 bits per heavy atom. The van der Waals surface area contributed by atoms with E-state index in [-0.39, 0.29) is 13.0 Å². The summed E-state index contributed by atoms with van der Waals surface area (Å²) in [6.07, 6.45) is -4.79. The van der Waals surface area contributed by atoms with E-state index in [4.69, 9.17) is 0 Å². The van der Waals surface area contributed by atoms with Crippen molar-refractivity contribution in [3.8, 4) is 0 Å². The molecule has 2 atom stereocenters. The van der Waals surface area contributed by atoms with E-state index in [0.29, 0.717) is 0 Å². The second kappa shape index (κ2) is 4.00. The number of carbonyl (C=O) groups excluding carboxylic acids is 1. The van der Waals surface area contributed by atoms with Crippen molar-refractivity contribution < 1.29 is 27.4 Å². The molecule has 0 aromatic rings. The Balaban J connectivity index is 2.24. The van der Waals surface area contributed by atoms with Crippen molar-refractivity contribution in [2.24, 2.45) is 5.92 Å². The predicted octanol–water partition coefficient (Wildman–Crippen LogP) is 1.64. The van der Waals surface area contributed by atoms with Gasteiger partial charge in [0.05, 0.1) is 6.61 Å². The van der Waals surface area contributed by atoms with Crippen LogP contribution in [0.2, 0.25) is 0 Å². The van der Waals surface area contributed by atoms with Crippen LogP contribution in [0.15, 0.2) is 12.7 Å². The molecule has 0 saturated carbocycles. The Morgan fingerprint density at radius 3 is 2.71 bits per heavy atom. The lowest BCUT2D eigenvalue weighted by atomic mass is 10.0. The molecule has 1 fully saturated rings. The maximum atomic E-state index is 12.4. The molecule has 2 unspecified atom stereocenters. The van der Waals surface area contributed by atoms with Gasteiger partial charge in [0.15, 0.2) is 0 Å². The molecule has 80 valence electrons. The summed E-state index contributed by atoms with van der Waals surface area (Å²) < 4.78 is 45.3. The molecular formula is C8H9F3O3. The molecule has 0 bridgehead atoms. The molecule has 14 heavy (non-hydrogen) atoms. The van der Waals surface area contributed by atoms with E-state index in [2.05, 4.69) is 16.1 Å². The van der Waals surface area contributed by atoms with Crippen LogP contribution in [0.4, 0.5) is 13.2 Å². The first-order valence-electron chi connectivity index (χ1n) is 3.96. The van der Waals surface area contributed by atoms with Gasteiger partial charge in [0.25, 0.3) is 0 Å². The fourth-order valence-electron chi connectivity index (χ4n) is 1.04. The van der Waals surface area contributed by atoms with Crippen molar-refractivity contribution >= 4 is 5.97 Å². The van der Waals surface area contributed by atoms with Gasteiger partial charge in [-0.25, -0.2) is 9.18 Å². The topological polar surface area (TPSA) is 35.5 Å². The largest absolute Gasteiger partial charge is 0.463 e. The van der Waals surface area contributed by atoms with Crippen LogP contribution in [0.5, 0.6) is 0 Å². The summed E-state index contributed by atoms with van der Waals surface area (Å²) in [6, 6.07) is 0. The lowest BCUT2D eigenvalue weighted by molar-refractivity contribution is -0.426. The van der Waals surface area contributed by atoms with Gasteiger partial charge in [-0.1, -0.05) is 6.58 Å². The van der Waals surface area contributed by atoms with Crippen LogP contribution in [0, 0.1) is 5.92 Å². The molecule has 0 amide bonds. The predicted molar refractivity (Wildman–Crippen MR) is 40.2 cm³/mol. The Hall–Kier alpha value is -1.04. The molecular weight excluding hydrogens is 201 g/mol. The van der Waals surface area contributed by atoms with Gasteiger partial charge in [-0.15, -0.1) is 0 Å². The van der Waals surface area contributed by atoms with Gasteiger partial charge in [-0.2, -0.15) is 8.78 Å². The minimum absolute atomic E-state index is 0.269. The minimum atomic E-state index is -3.44. The molecule has 1 rings (SSSR count). The van der Waals surface area contributed by atoms with Gasteiger partial charge in [0.2, 0.25) is 6.36 Å². The molecule has 3 nitrogen and oxygen atoms in total. The molecule has 0 aromatic heterocycles. The van der Waals surface area contributed by atoms with E-state index in [1.807, 2.05) is 0 Å². The maximum absolute atomic E-state index is 12.4. The molecule has 0 spiro atoms. The van der Waals surface area contributed by atoms with Gasteiger partial charge in [0, 0.05) is 6.08 Å². The lowest BCUT2D eigenvalue weighted by Crippen LogP contribution is -2.52. The minimum Gasteiger partial charge on any atom is -0.463 e. The van der Waals surface area contributed by atoms with Gasteiger partial charge in [0.1, 0.15) is 5.92 Å². The van der Waals surface area contributed by atoms with Crippen LogP contribution in [-0.2, 0) is 14.3 Å². The highest BCUT2D eigenvalue weighted by Gasteiger charge is 2.58. The third kappa shape index (κ3) is 2.25. The Bertz CT molecular complexity index is 242. The van der Waals surface area contributed by atoms with Crippen molar-refractivity contribution in [1.82, 2.24) is 0 Å². The quantitative estimate of drug-likeness (QED) is 0.522. The molecule has 6 heteroatoms. The zero-order valence-corrected chi connectivity index (χ0v) is 7.21. The number of esters is 1. The normalized spacial score (nSPS) is 29.1. The van der Waals surface area contributed by atoms with Crippen LogP contribution < -0.4 is 0 Å². The highest BCUT2D eigenvalue weighted by Crippen LogP contribution is 2.44. The van der Waals surface area contributed by atoms with Crippen LogP contribution in [0.1, 0.15) is 6.42 Å². The number of rotatable bonds is 4. The third-order valence-corrected chi connectivity index (χ3v) is 1.86. The van der Waals surface area contributed by atoms with Crippen molar-refractivity contribution in [2.45, 2.75) is 18.9 Å². The number of alkyl halides is 3. The summed E-state index contributed by atoms with van der Waals surface area (Å²) in [7, 11) is 0. The first-order valence-corrected chi connectivity index (χ1v) is 3.96. The van der Waals surface area contributed by atoms with Crippen molar-refractivity contribution in [1.29, 1.82) is 0 Å². The fourth-order valence-corrected chi connectivity index (χ4v) is 1.04. The van der Waals surface area contributed by atoms with Gasteiger partial charge < -0.3 is 4.74 Å². The monoisotopic (exact) mass is 210 g/mol. The SMILES string of the molecule is C=CC(=O)OCCC1C(F)OC1(F)F.